The Morgan fingerprint density at radius 2 is 0.625 bits per heavy atom. The molecule has 0 fully saturated rings. The molecule has 0 bridgehead atoms. The maximum Gasteiger partial charge on any atom is 0.305 e. The molecule has 0 aliphatic heterocycles. The first kappa shape index (κ1) is 77.8. The monoisotopic (exact) mass is 1120 g/mol. The third-order valence-corrected chi connectivity index (χ3v) is 16.6. The molecule has 6 heteroatoms. The number of aliphatic hydroxyl groups is 2. The molecule has 0 spiro atoms. The molecule has 6 nitrogen and oxygen atoms in total. The van der Waals surface area contributed by atoms with E-state index in [0.29, 0.717) is 19.4 Å². The van der Waals surface area contributed by atoms with Crippen LogP contribution in [0.3, 0.4) is 0 Å². The summed E-state index contributed by atoms with van der Waals surface area (Å²) in [6.45, 7) is 4.90. The summed E-state index contributed by atoms with van der Waals surface area (Å²) in [5, 5.41) is 23.2. The van der Waals surface area contributed by atoms with Gasteiger partial charge in [0, 0.05) is 12.8 Å². The second kappa shape index (κ2) is 69.3. The molecule has 0 aromatic carbocycles. The van der Waals surface area contributed by atoms with Crippen LogP contribution in [0, 0.1) is 0 Å². The number of unbranched alkanes of at least 4 members (excludes halogenated alkanes) is 50. The van der Waals surface area contributed by atoms with Gasteiger partial charge in [-0.15, -0.1) is 0 Å². The molecular weight excluding hydrogens is 983 g/mol. The van der Waals surface area contributed by atoms with Gasteiger partial charge in [0.25, 0.3) is 0 Å². The molecule has 2 unspecified atom stereocenters. The van der Waals surface area contributed by atoms with Gasteiger partial charge < -0.3 is 20.3 Å². The first-order valence-corrected chi connectivity index (χ1v) is 35.9. The van der Waals surface area contributed by atoms with Gasteiger partial charge in [0.05, 0.1) is 25.4 Å². The van der Waals surface area contributed by atoms with E-state index in [4.69, 9.17) is 4.74 Å². The van der Waals surface area contributed by atoms with Gasteiger partial charge in [0.2, 0.25) is 5.91 Å². The maximum atomic E-state index is 12.5. The highest BCUT2D eigenvalue weighted by Crippen LogP contribution is 2.18. The van der Waals surface area contributed by atoms with Crippen LogP contribution in [0.25, 0.3) is 0 Å². The number of ether oxygens (including phenoxy) is 1. The number of allylic oxidation sites excluding steroid dienone is 7. The Morgan fingerprint density at radius 1 is 0.350 bits per heavy atom. The maximum absolute atomic E-state index is 12.5. The Balaban J connectivity index is 3.43. The van der Waals surface area contributed by atoms with E-state index in [-0.39, 0.29) is 18.5 Å². The normalized spacial score (nSPS) is 12.8. The molecule has 0 radical (unpaired) electrons. The van der Waals surface area contributed by atoms with E-state index < -0.39 is 12.1 Å². The van der Waals surface area contributed by atoms with Crippen LogP contribution in [-0.4, -0.2) is 47.4 Å². The smallest absolute Gasteiger partial charge is 0.305 e. The Morgan fingerprint density at radius 3 is 0.988 bits per heavy atom. The van der Waals surface area contributed by atoms with Crippen LogP contribution in [0.15, 0.2) is 48.6 Å². The fourth-order valence-corrected chi connectivity index (χ4v) is 11.1. The van der Waals surface area contributed by atoms with Crippen LogP contribution in [0.2, 0.25) is 0 Å². The van der Waals surface area contributed by atoms with Gasteiger partial charge in [-0.2, -0.15) is 0 Å². The van der Waals surface area contributed by atoms with E-state index >= 15 is 0 Å². The standard InChI is InChI=1S/C74H139NO5/c1-3-5-7-9-11-13-15-17-19-21-23-27-31-34-38-42-46-50-54-58-62-66-72(77)71(70-76)75-73(78)67-63-59-55-51-47-43-39-35-32-28-25-24-26-29-33-37-41-45-49-53-57-61-65-69-80-74(79)68-64-60-56-52-48-44-40-36-30-22-20-18-16-14-12-10-8-6-4-2/h12,14,18,20,28,32,62,66,71-72,76-77H,3-11,13,15-17,19,21-27,29-31,33-61,63-65,67-70H2,1-2H3,(H,75,78)/b14-12-,20-18-,32-28-,66-62+. The molecule has 0 aliphatic carbocycles. The van der Waals surface area contributed by atoms with Crippen LogP contribution >= 0.6 is 0 Å². The van der Waals surface area contributed by atoms with Crippen LogP contribution in [0.5, 0.6) is 0 Å². The molecule has 0 saturated heterocycles. The minimum Gasteiger partial charge on any atom is -0.466 e. The predicted molar refractivity (Wildman–Crippen MR) is 352 cm³/mol. The second-order valence-corrected chi connectivity index (χ2v) is 24.6. The fraction of sp³-hybridized carbons (Fsp3) is 0.865. The fourth-order valence-electron chi connectivity index (χ4n) is 11.1. The first-order valence-electron chi connectivity index (χ1n) is 35.9. The lowest BCUT2D eigenvalue weighted by Gasteiger charge is -2.20. The predicted octanol–water partition coefficient (Wildman–Crippen LogP) is 23.3. The topological polar surface area (TPSA) is 95.9 Å². The molecule has 3 N–H and O–H groups in total. The van der Waals surface area contributed by atoms with Crippen LogP contribution in [-0.2, 0) is 14.3 Å². The SMILES string of the molecule is CCCCC/C=C\C/C=C\CCCCCCCCCCCC(=O)OCCCCCCCCCCCCCC/C=C\CCCCCCCCCC(=O)NC(CO)C(O)/C=C/CCCCCCCCCCCCCCCCCCCCC. The minimum atomic E-state index is -0.850. The zero-order valence-corrected chi connectivity index (χ0v) is 53.8. The Labute approximate surface area is 499 Å². The van der Waals surface area contributed by atoms with Crippen molar-refractivity contribution < 1.29 is 24.5 Å². The van der Waals surface area contributed by atoms with E-state index in [0.717, 1.165) is 57.8 Å². The molecule has 0 rings (SSSR count). The highest BCUT2D eigenvalue weighted by Gasteiger charge is 2.18. The molecule has 80 heavy (non-hydrogen) atoms. The zero-order valence-electron chi connectivity index (χ0n) is 53.8. The lowest BCUT2D eigenvalue weighted by atomic mass is 10.0. The number of carbonyl (C=O) groups excluding carboxylic acids is 2. The van der Waals surface area contributed by atoms with Crippen molar-refractivity contribution in [2.45, 2.75) is 398 Å². The van der Waals surface area contributed by atoms with Crippen molar-refractivity contribution in [3.63, 3.8) is 0 Å². The van der Waals surface area contributed by atoms with Gasteiger partial charge in [-0.05, 0) is 89.9 Å². The highest BCUT2D eigenvalue weighted by molar-refractivity contribution is 5.76. The van der Waals surface area contributed by atoms with Gasteiger partial charge in [-0.1, -0.05) is 332 Å². The van der Waals surface area contributed by atoms with Crippen molar-refractivity contribution in [1.29, 1.82) is 0 Å². The van der Waals surface area contributed by atoms with Gasteiger partial charge >= 0.3 is 5.97 Å². The summed E-state index contributed by atoms with van der Waals surface area (Å²) >= 11 is 0. The van der Waals surface area contributed by atoms with Crippen molar-refractivity contribution in [3.8, 4) is 0 Å². The quantitative estimate of drug-likeness (QED) is 0.0320. The molecule has 0 aliphatic rings. The first-order chi connectivity index (χ1) is 39.5. The number of aliphatic hydroxyl groups excluding tert-OH is 2. The number of amides is 1. The summed E-state index contributed by atoms with van der Waals surface area (Å²) in [5.41, 5.74) is 0. The van der Waals surface area contributed by atoms with Crippen LogP contribution in [0.4, 0.5) is 0 Å². The van der Waals surface area contributed by atoms with Crippen LogP contribution < -0.4 is 5.32 Å². The number of rotatable bonds is 67. The van der Waals surface area contributed by atoms with E-state index in [1.807, 2.05) is 6.08 Å². The summed E-state index contributed by atoms with van der Waals surface area (Å²) in [7, 11) is 0. The molecular formula is C74H139NO5. The van der Waals surface area contributed by atoms with Crippen LogP contribution in [0.1, 0.15) is 386 Å². The van der Waals surface area contributed by atoms with E-state index in [1.165, 1.54) is 302 Å². The largest absolute Gasteiger partial charge is 0.466 e. The summed E-state index contributed by atoms with van der Waals surface area (Å²) in [6.07, 6.45) is 90.4. The number of hydrogen-bond donors (Lipinski definition) is 3. The van der Waals surface area contributed by atoms with Crippen molar-refractivity contribution in [2.24, 2.45) is 0 Å². The molecule has 470 valence electrons. The number of carbonyl (C=O) groups is 2. The molecule has 2 atom stereocenters. The molecule has 0 aromatic rings. The lowest BCUT2D eigenvalue weighted by Crippen LogP contribution is -2.45. The van der Waals surface area contributed by atoms with E-state index in [1.54, 1.807) is 6.08 Å². The van der Waals surface area contributed by atoms with E-state index in [9.17, 15) is 19.8 Å². The molecule has 0 heterocycles. The van der Waals surface area contributed by atoms with Gasteiger partial charge in [0.1, 0.15) is 0 Å². The summed E-state index contributed by atoms with van der Waals surface area (Å²) in [5.74, 6) is -0.0637. The van der Waals surface area contributed by atoms with Crippen molar-refractivity contribution in [2.75, 3.05) is 13.2 Å². The van der Waals surface area contributed by atoms with Crippen molar-refractivity contribution in [3.05, 3.63) is 48.6 Å². The average molecular weight is 1120 g/mol. The zero-order chi connectivity index (χ0) is 57.8. The number of hydrogen-bond acceptors (Lipinski definition) is 5. The average Bonchev–Trinajstić information content (AvgIpc) is 3.46. The number of nitrogens with one attached hydrogen (secondary N) is 1. The molecule has 0 saturated carbocycles. The molecule has 0 aromatic heterocycles. The third-order valence-electron chi connectivity index (χ3n) is 16.6. The highest BCUT2D eigenvalue weighted by atomic mass is 16.5. The Hall–Kier alpha value is -2.18. The second-order valence-electron chi connectivity index (χ2n) is 24.6. The van der Waals surface area contributed by atoms with Crippen molar-refractivity contribution in [1.82, 2.24) is 5.32 Å². The summed E-state index contributed by atoms with van der Waals surface area (Å²) < 4.78 is 5.50. The summed E-state index contributed by atoms with van der Waals surface area (Å²) in [6, 6.07) is -0.634. The van der Waals surface area contributed by atoms with Gasteiger partial charge in [-0.25, -0.2) is 0 Å². The molecule has 1 amide bonds. The summed E-state index contributed by atoms with van der Waals surface area (Å²) in [4.78, 5) is 24.6. The van der Waals surface area contributed by atoms with Gasteiger partial charge in [-0.3, -0.25) is 9.59 Å². The Bertz CT molecular complexity index is 1340. The minimum absolute atomic E-state index is 0.00755. The lowest BCUT2D eigenvalue weighted by molar-refractivity contribution is -0.143. The Kier molecular flexibility index (Phi) is 67.4. The third kappa shape index (κ3) is 65.0. The van der Waals surface area contributed by atoms with Gasteiger partial charge in [0.15, 0.2) is 0 Å². The van der Waals surface area contributed by atoms with Crippen molar-refractivity contribution >= 4 is 11.9 Å². The number of esters is 1. The van der Waals surface area contributed by atoms with E-state index in [2.05, 4.69) is 55.6 Å².